The molecule has 2 heterocycles. The summed E-state index contributed by atoms with van der Waals surface area (Å²) < 4.78 is 6.76. The lowest BCUT2D eigenvalue weighted by Crippen LogP contribution is -2.48. The van der Waals surface area contributed by atoms with Crippen LogP contribution in [0.15, 0.2) is 16.7 Å². The number of ether oxygens (including phenoxy) is 1. The van der Waals surface area contributed by atoms with E-state index in [2.05, 4.69) is 45.7 Å². The maximum atomic E-state index is 5.70. The number of anilines is 1. The van der Waals surface area contributed by atoms with E-state index in [1.165, 1.54) is 5.56 Å². The number of nitrogens with zero attached hydrogens (tertiary/aromatic N) is 2. The second-order valence-corrected chi connectivity index (χ2v) is 5.70. The molecule has 3 nitrogen and oxygen atoms in total. The largest absolute Gasteiger partial charge is 0.372 e. The van der Waals surface area contributed by atoms with Gasteiger partial charge in [-0.25, -0.2) is 4.98 Å². The molecule has 0 saturated carbocycles. The lowest BCUT2D eigenvalue weighted by Gasteiger charge is -2.39. The lowest BCUT2D eigenvalue weighted by molar-refractivity contribution is -0.0279. The molecular weight excluding hydrogens is 268 g/mol. The highest BCUT2D eigenvalue weighted by atomic mass is 79.9. The molecule has 1 saturated heterocycles. The fourth-order valence-corrected chi connectivity index (χ4v) is 2.67. The summed E-state index contributed by atoms with van der Waals surface area (Å²) >= 11 is 3.58. The molecule has 0 amide bonds. The predicted molar refractivity (Wildman–Crippen MR) is 68.9 cm³/mol. The number of aryl methyl sites for hydroxylation is 1. The SMILES string of the molecule is Cc1cnc(N2CCOC(C)(C)C2)c(Br)c1. The van der Waals surface area contributed by atoms with Crippen LogP contribution in [0.1, 0.15) is 19.4 Å². The fraction of sp³-hybridized carbons (Fsp3) is 0.583. The van der Waals surface area contributed by atoms with Gasteiger partial charge in [0.1, 0.15) is 5.82 Å². The Morgan fingerprint density at radius 1 is 1.50 bits per heavy atom. The molecule has 16 heavy (non-hydrogen) atoms. The van der Waals surface area contributed by atoms with Crippen molar-refractivity contribution in [3.8, 4) is 0 Å². The smallest absolute Gasteiger partial charge is 0.143 e. The zero-order valence-corrected chi connectivity index (χ0v) is 11.5. The van der Waals surface area contributed by atoms with Crippen LogP contribution in [0, 0.1) is 6.92 Å². The molecule has 0 radical (unpaired) electrons. The first-order valence-corrected chi connectivity index (χ1v) is 6.28. The summed E-state index contributed by atoms with van der Waals surface area (Å²) in [5.41, 5.74) is 1.08. The molecule has 2 rings (SSSR count). The van der Waals surface area contributed by atoms with Crippen molar-refractivity contribution in [2.45, 2.75) is 26.4 Å². The molecule has 0 atom stereocenters. The molecule has 1 aliphatic rings. The molecule has 0 aliphatic carbocycles. The van der Waals surface area contributed by atoms with Gasteiger partial charge in [0.15, 0.2) is 0 Å². The molecule has 0 N–H and O–H groups in total. The summed E-state index contributed by atoms with van der Waals surface area (Å²) in [5.74, 6) is 1.02. The van der Waals surface area contributed by atoms with Crippen molar-refractivity contribution in [3.63, 3.8) is 0 Å². The van der Waals surface area contributed by atoms with Crippen LogP contribution in [0.5, 0.6) is 0 Å². The Morgan fingerprint density at radius 2 is 2.25 bits per heavy atom. The third-order valence-electron chi connectivity index (χ3n) is 2.68. The highest BCUT2D eigenvalue weighted by Gasteiger charge is 2.28. The van der Waals surface area contributed by atoms with Gasteiger partial charge in [0.2, 0.25) is 0 Å². The number of rotatable bonds is 1. The fourth-order valence-electron chi connectivity index (χ4n) is 1.96. The van der Waals surface area contributed by atoms with Crippen LogP contribution < -0.4 is 4.90 Å². The zero-order chi connectivity index (χ0) is 11.8. The third kappa shape index (κ3) is 2.55. The van der Waals surface area contributed by atoms with E-state index in [1.54, 1.807) is 0 Å². The number of hydrogen-bond acceptors (Lipinski definition) is 3. The number of halogens is 1. The minimum absolute atomic E-state index is 0.0930. The topological polar surface area (TPSA) is 25.4 Å². The second kappa shape index (κ2) is 4.34. The van der Waals surface area contributed by atoms with Crippen LogP contribution in [-0.4, -0.2) is 30.3 Å². The first-order chi connectivity index (χ1) is 7.48. The Bertz CT molecular complexity index is 393. The molecule has 0 aromatic carbocycles. The average Bonchev–Trinajstić information content (AvgIpc) is 2.15. The molecule has 1 aliphatic heterocycles. The standard InChI is InChI=1S/C12H17BrN2O/c1-9-6-10(13)11(14-7-9)15-4-5-16-12(2,3)8-15/h6-7H,4-5,8H2,1-3H3. The Kier molecular flexibility index (Phi) is 3.22. The molecule has 1 fully saturated rings. The van der Waals surface area contributed by atoms with Gasteiger partial charge in [-0.05, 0) is 48.3 Å². The van der Waals surface area contributed by atoms with Crippen LogP contribution in [0.2, 0.25) is 0 Å². The monoisotopic (exact) mass is 284 g/mol. The normalized spacial score (nSPS) is 19.9. The van der Waals surface area contributed by atoms with Gasteiger partial charge in [-0.15, -0.1) is 0 Å². The summed E-state index contributed by atoms with van der Waals surface area (Å²) in [6, 6.07) is 2.10. The van der Waals surface area contributed by atoms with Gasteiger partial charge in [-0.2, -0.15) is 0 Å². The molecule has 88 valence electrons. The lowest BCUT2D eigenvalue weighted by atomic mass is 10.1. The Balaban J connectivity index is 2.23. The van der Waals surface area contributed by atoms with Crippen molar-refractivity contribution in [2.24, 2.45) is 0 Å². The van der Waals surface area contributed by atoms with E-state index in [0.29, 0.717) is 0 Å². The highest BCUT2D eigenvalue weighted by Crippen LogP contribution is 2.28. The first-order valence-electron chi connectivity index (χ1n) is 5.49. The van der Waals surface area contributed by atoms with Crippen molar-refractivity contribution in [3.05, 3.63) is 22.3 Å². The van der Waals surface area contributed by atoms with Gasteiger partial charge < -0.3 is 9.64 Å². The summed E-state index contributed by atoms with van der Waals surface area (Å²) in [6.07, 6.45) is 1.91. The highest BCUT2D eigenvalue weighted by molar-refractivity contribution is 9.10. The molecule has 4 heteroatoms. The van der Waals surface area contributed by atoms with E-state index in [4.69, 9.17) is 4.74 Å². The van der Waals surface area contributed by atoms with E-state index < -0.39 is 0 Å². The van der Waals surface area contributed by atoms with E-state index >= 15 is 0 Å². The number of pyridine rings is 1. The van der Waals surface area contributed by atoms with Crippen molar-refractivity contribution in [1.82, 2.24) is 4.98 Å². The summed E-state index contributed by atoms with van der Waals surface area (Å²) in [4.78, 5) is 6.76. The molecule has 0 spiro atoms. The van der Waals surface area contributed by atoms with Gasteiger partial charge >= 0.3 is 0 Å². The van der Waals surface area contributed by atoms with Gasteiger partial charge in [0.25, 0.3) is 0 Å². The van der Waals surface area contributed by atoms with Crippen LogP contribution in [-0.2, 0) is 4.74 Å². The first kappa shape index (κ1) is 11.9. The molecular formula is C12H17BrN2O. The summed E-state index contributed by atoms with van der Waals surface area (Å²) in [6.45, 7) is 8.81. The minimum atomic E-state index is -0.0930. The second-order valence-electron chi connectivity index (χ2n) is 4.85. The third-order valence-corrected chi connectivity index (χ3v) is 3.27. The Hall–Kier alpha value is -0.610. The predicted octanol–water partition coefficient (Wildman–Crippen LogP) is 2.77. The van der Waals surface area contributed by atoms with Crippen molar-refractivity contribution < 1.29 is 4.74 Å². The Morgan fingerprint density at radius 3 is 2.88 bits per heavy atom. The van der Waals surface area contributed by atoms with E-state index in [1.807, 2.05) is 13.1 Å². The van der Waals surface area contributed by atoms with Crippen LogP contribution in [0.4, 0.5) is 5.82 Å². The maximum Gasteiger partial charge on any atom is 0.143 e. The van der Waals surface area contributed by atoms with Crippen molar-refractivity contribution >= 4 is 21.7 Å². The van der Waals surface area contributed by atoms with E-state index in [9.17, 15) is 0 Å². The van der Waals surface area contributed by atoms with Gasteiger partial charge in [0, 0.05) is 19.3 Å². The van der Waals surface area contributed by atoms with E-state index in [0.717, 1.165) is 30.0 Å². The summed E-state index contributed by atoms with van der Waals surface area (Å²) in [5, 5.41) is 0. The Labute approximate surface area is 105 Å². The van der Waals surface area contributed by atoms with E-state index in [-0.39, 0.29) is 5.60 Å². The molecule has 0 unspecified atom stereocenters. The number of hydrogen-bond donors (Lipinski definition) is 0. The zero-order valence-electron chi connectivity index (χ0n) is 9.96. The van der Waals surface area contributed by atoms with Gasteiger partial charge in [-0.3, -0.25) is 0 Å². The average molecular weight is 285 g/mol. The number of aromatic nitrogens is 1. The van der Waals surface area contributed by atoms with Crippen molar-refractivity contribution in [2.75, 3.05) is 24.6 Å². The van der Waals surface area contributed by atoms with Crippen LogP contribution in [0.3, 0.4) is 0 Å². The van der Waals surface area contributed by atoms with Crippen molar-refractivity contribution in [1.29, 1.82) is 0 Å². The van der Waals surface area contributed by atoms with Crippen LogP contribution in [0.25, 0.3) is 0 Å². The van der Waals surface area contributed by atoms with Gasteiger partial charge in [0.05, 0.1) is 16.7 Å². The molecule has 1 aromatic rings. The molecule has 1 aromatic heterocycles. The summed E-state index contributed by atoms with van der Waals surface area (Å²) in [7, 11) is 0. The van der Waals surface area contributed by atoms with Gasteiger partial charge in [-0.1, -0.05) is 0 Å². The minimum Gasteiger partial charge on any atom is -0.372 e. The maximum absolute atomic E-state index is 5.70. The van der Waals surface area contributed by atoms with Crippen LogP contribution >= 0.6 is 15.9 Å². The number of morpholine rings is 1. The molecule has 0 bridgehead atoms. The quantitative estimate of drug-likeness (QED) is 0.793.